The van der Waals surface area contributed by atoms with Crippen molar-refractivity contribution in [1.82, 2.24) is 4.31 Å². The number of aryl methyl sites for hydroxylation is 2. The highest BCUT2D eigenvalue weighted by Gasteiger charge is 2.44. The first-order chi connectivity index (χ1) is 12.7. The van der Waals surface area contributed by atoms with Crippen LogP contribution >= 0.6 is 11.6 Å². The normalized spacial score (nSPS) is 17.2. The number of nitrogens with zero attached hydrogens (tertiary/aromatic N) is 1. The third-order valence-corrected chi connectivity index (χ3v) is 6.58. The summed E-state index contributed by atoms with van der Waals surface area (Å²) in [6, 6.07) is 10.1. The van der Waals surface area contributed by atoms with Gasteiger partial charge in [0, 0.05) is 17.1 Å². The summed E-state index contributed by atoms with van der Waals surface area (Å²) < 4.78 is 26.6. The number of benzene rings is 2. The monoisotopic (exact) mass is 406 g/mol. The van der Waals surface area contributed by atoms with E-state index in [2.05, 4.69) is 5.32 Å². The number of hydrogen-bond acceptors (Lipinski definition) is 4. The Morgan fingerprint density at radius 1 is 1.15 bits per heavy atom. The van der Waals surface area contributed by atoms with Crippen LogP contribution in [0.25, 0.3) is 0 Å². The van der Waals surface area contributed by atoms with E-state index in [9.17, 15) is 18.0 Å². The molecule has 0 radical (unpaired) electrons. The van der Waals surface area contributed by atoms with Crippen LogP contribution in [0.1, 0.15) is 24.0 Å². The van der Waals surface area contributed by atoms with Crippen LogP contribution in [-0.2, 0) is 19.6 Å². The van der Waals surface area contributed by atoms with Gasteiger partial charge in [-0.15, -0.1) is 0 Å². The molecule has 3 rings (SSSR count). The summed E-state index contributed by atoms with van der Waals surface area (Å²) in [5.41, 5.74) is 2.16. The van der Waals surface area contributed by atoms with E-state index in [1.165, 1.54) is 12.1 Å². The lowest BCUT2D eigenvalue weighted by Crippen LogP contribution is -2.45. The molecule has 6 nitrogen and oxygen atoms in total. The van der Waals surface area contributed by atoms with Crippen molar-refractivity contribution in [2.45, 2.75) is 37.6 Å². The molecule has 1 saturated heterocycles. The SMILES string of the molecule is Cc1ccc(S(=O)(=O)N2C(=O)CC[C@H]2C(=O)Nc2cc(Cl)ccc2C)cc1. The van der Waals surface area contributed by atoms with Gasteiger partial charge in [-0.3, -0.25) is 9.59 Å². The van der Waals surface area contributed by atoms with E-state index in [-0.39, 0.29) is 17.7 Å². The van der Waals surface area contributed by atoms with Gasteiger partial charge in [0.05, 0.1) is 4.90 Å². The third-order valence-electron chi connectivity index (χ3n) is 4.50. The van der Waals surface area contributed by atoms with Gasteiger partial charge in [0.2, 0.25) is 11.8 Å². The molecule has 0 saturated carbocycles. The van der Waals surface area contributed by atoms with E-state index in [0.717, 1.165) is 11.1 Å². The summed E-state index contributed by atoms with van der Waals surface area (Å²) in [7, 11) is -4.11. The van der Waals surface area contributed by atoms with Crippen LogP contribution in [0.2, 0.25) is 5.02 Å². The highest BCUT2D eigenvalue weighted by atomic mass is 35.5. The molecule has 142 valence electrons. The maximum absolute atomic E-state index is 12.9. The summed E-state index contributed by atoms with van der Waals surface area (Å²) in [6.07, 6.45) is 0.132. The quantitative estimate of drug-likeness (QED) is 0.844. The first kappa shape index (κ1) is 19.4. The van der Waals surface area contributed by atoms with Crippen molar-refractivity contribution in [3.63, 3.8) is 0 Å². The molecule has 1 fully saturated rings. The largest absolute Gasteiger partial charge is 0.324 e. The topological polar surface area (TPSA) is 83.6 Å². The predicted octanol–water partition coefficient (Wildman–Crippen LogP) is 3.28. The van der Waals surface area contributed by atoms with Gasteiger partial charge >= 0.3 is 0 Å². The van der Waals surface area contributed by atoms with Crippen molar-refractivity contribution >= 4 is 39.1 Å². The highest BCUT2D eigenvalue weighted by molar-refractivity contribution is 7.89. The fraction of sp³-hybridized carbons (Fsp3) is 0.263. The van der Waals surface area contributed by atoms with E-state index in [4.69, 9.17) is 11.6 Å². The second-order valence-electron chi connectivity index (χ2n) is 6.51. The minimum absolute atomic E-state index is 0.00228. The predicted molar refractivity (Wildman–Crippen MR) is 103 cm³/mol. The van der Waals surface area contributed by atoms with E-state index in [1.807, 2.05) is 6.92 Å². The minimum Gasteiger partial charge on any atom is -0.324 e. The molecular weight excluding hydrogens is 388 g/mol. The zero-order valence-corrected chi connectivity index (χ0v) is 16.5. The lowest BCUT2D eigenvalue weighted by molar-refractivity contribution is -0.128. The van der Waals surface area contributed by atoms with Gasteiger partial charge in [-0.1, -0.05) is 35.4 Å². The molecule has 8 heteroatoms. The van der Waals surface area contributed by atoms with E-state index in [0.29, 0.717) is 15.0 Å². The zero-order valence-electron chi connectivity index (χ0n) is 14.9. The Labute approximate surface area is 163 Å². The standard InChI is InChI=1S/C19H19ClN2O4S/c1-12-3-7-15(8-4-12)27(25,26)22-17(9-10-18(22)23)19(24)21-16-11-14(20)6-5-13(16)2/h3-8,11,17H,9-10H2,1-2H3,(H,21,24)/t17-/m0/s1. The van der Waals surface area contributed by atoms with Crippen LogP contribution in [0.4, 0.5) is 5.69 Å². The molecule has 2 aromatic rings. The maximum atomic E-state index is 12.9. The lowest BCUT2D eigenvalue weighted by Gasteiger charge is -2.24. The van der Waals surface area contributed by atoms with Crippen LogP contribution in [0.3, 0.4) is 0 Å². The number of rotatable bonds is 4. The molecule has 0 aliphatic carbocycles. The Bertz CT molecular complexity index is 1000. The van der Waals surface area contributed by atoms with Crippen molar-refractivity contribution in [2.24, 2.45) is 0 Å². The summed E-state index contributed by atoms with van der Waals surface area (Å²) in [5.74, 6) is -1.14. The summed E-state index contributed by atoms with van der Waals surface area (Å²) in [4.78, 5) is 25.0. The fourth-order valence-electron chi connectivity index (χ4n) is 2.97. The lowest BCUT2D eigenvalue weighted by atomic mass is 10.1. The maximum Gasteiger partial charge on any atom is 0.267 e. The fourth-order valence-corrected chi connectivity index (χ4v) is 4.74. The Hall–Kier alpha value is -2.38. The van der Waals surface area contributed by atoms with Crippen LogP contribution in [-0.4, -0.2) is 30.6 Å². The molecular formula is C19H19ClN2O4S. The van der Waals surface area contributed by atoms with Gasteiger partial charge in [-0.25, -0.2) is 12.7 Å². The molecule has 1 heterocycles. The third kappa shape index (κ3) is 3.84. The van der Waals surface area contributed by atoms with Crippen molar-refractivity contribution in [2.75, 3.05) is 5.32 Å². The van der Waals surface area contributed by atoms with E-state index < -0.39 is 27.9 Å². The number of amides is 2. The Balaban J connectivity index is 1.90. The number of anilines is 1. The van der Waals surface area contributed by atoms with Crippen LogP contribution in [0.5, 0.6) is 0 Å². The summed E-state index contributed by atoms with van der Waals surface area (Å²) in [5, 5.41) is 3.14. The first-order valence-electron chi connectivity index (χ1n) is 8.41. The average Bonchev–Trinajstić information content (AvgIpc) is 3.01. The van der Waals surface area contributed by atoms with Gasteiger partial charge in [-0.2, -0.15) is 0 Å². The summed E-state index contributed by atoms with van der Waals surface area (Å²) in [6.45, 7) is 3.63. The van der Waals surface area contributed by atoms with Gasteiger partial charge < -0.3 is 5.32 Å². The highest BCUT2D eigenvalue weighted by Crippen LogP contribution is 2.29. The van der Waals surface area contributed by atoms with Gasteiger partial charge in [0.1, 0.15) is 6.04 Å². The number of halogens is 1. The molecule has 0 spiro atoms. The molecule has 1 atom stereocenters. The Morgan fingerprint density at radius 2 is 1.81 bits per heavy atom. The summed E-state index contributed by atoms with van der Waals surface area (Å²) >= 11 is 5.97. The van der Waals surface area contributed by atoms with Crippen molar-refractivity contribution < 1.29 is 18.0 Å². The number of sulfonamides is 1. The molecule has 27 heavy (non-hydrogen) atoms. The number of nitrogens with one attached hydrogen (secondary N) is 1. The Morgan fingerprint density at radius 3 is 2.48 bits per heavy atom. The molecule has 0 bridgehead atoms. The molecule has 0 unspecified atom stereocenters. The second kappa shape index (κ2) is 7.32. The van der Waals surface area contributed by atoms with Crippen molar-refractivity contribution in [1.29, 1.82) is 0 Å². The van der Waals surface area contributed by atoms with E-state index in [1.54, 1.807) is 37.3 Å². The van der Waals surface area contributed by atoms with E-state index >= 15 is 0 Å². The molecule has 1 N–H and O–H groups in total. The van der Waals surface area contributed by atoms with Gasteiger partial charge in [0.25, 0.3) is 10.0 Å². The first-order valence-corrected chi connectivity index (χ1v) is 10.2. The van der Waals surface area contributed by atoms with Crippen molar-refractivity contribution in [3.8, 4) is 0 Å². The molecule has 1 aliphatic rings. The number of carbonyl (C=O) groups excluding carboxylic acids is 2. The minimum atomic E-state index is -4.11. The number of hydrogen-bond donors (Lipinski definition) is 1. The average molecular weight is 407 g/mol. The molecule has 2 amide bonds. The smallest absolute Gasteiger partial charge is 0.267 e. The van der Waals surface area contributed by atoms with Crippen LogP contribution in [0, 0.1) is 13.8 Å². The molecule has 0 aromatic heterocycles. The van der Waals surface area contributed by atoms with Gasteiger partial charge in [0.15, 0.2) is 0 Å². The zero-order chi connectivity index (χ0) is 19.8. The van der Waals surface area contributed by atoms with Crippen LogP contribution < -0.4 is 5.32 Å². The molecule has 1 aliphatic heterocycles. The second-order valence-corrected chi connectivity index (χ2v) is 8.76. The Kier molecular flexibility index (Phi) is 5.26. The van der Waals surface area contributed by atoms with Crippen molar-refractivity contribution in [3.05, 3.63) is 58.6 Å². The molecule has 2 aromatic carbocycles. The van der Waals surface area contributed by atoms with Gasteiger partial charge in [-0.05, 0) is 50.1 Å². The van der Waals surface area contributed by atoms with Crippen LogP contribution in [0.15, 0.2) is 47.4 Å². The number of carbonyl (C=O) groups is 2.